The third-order valence-corrected chi connectivity index (χ3v) is 2.65. The Morgan fingerprint density at radius 1 is 1.42 bits per heavy atom. The summed E-state index contributed by atoms with van der Waals surface area (Å²) in [5.74, 6) is 0. The molecule has 0 spiro atoms. The van der Waals surface area contributed by atoms with Crippen LogP contribution in [0.3, 0.4) is 0 Å². The highest BCUT2D eigenvalue weighted by molar-refractivity contribution is 4.88. The zero-order valence-corrected chi connectivity index (χ0v) is 7.94. The number of hydrogen-bond acceptors (Lipinski definition) is 4. The summed E-state index contributed by atoms with van der Waals surface area (Å²) in [5.41, 5.74) is 0. The third kappa shape index (κ3) is 1.95. The first-order valence-electron chi connectivity index (χ1n) is 4.25. The Morgan fingerprint density at radius 2 is 2.00 bits per heavy atom. The van der Waals surface area contributed by atoms with E-state index < -0.39 is 6.29 Å². The van der Waals surface area contributed by atoms with E-state index in [9.17, 15) is 0 Å². The second-order valence-electron chi connectivity index (χ2n) is 3.77. The molecule has 12 heavy (non-hydrogen) atoms. The molecule has 4 nitrogen and oxygen atoms in total. The Balaban J connectivity index is 2.50. The third-order valence-electron chi connectivity index (χ3n) is 2.65. The van der Waals surface area contributed by atoms with Gasteiger partial charge in [0, 0.05) is 12.6 Å². The molecule has 1 aliphatic heterocycles. The highest BCUT2D eigenvalue weighted by Crippen LogP contribution is 2.20. The first-order valence-corrected chi connectivity index (χ1v) is 4.25. The van der Waals surface area contributed by atoms with E-state index in [1.807, 2.05) is 26.0 Å². The molecule has 0 aliphatic carbocycles. The van der Waals surface area contributed by atoms with Crippen LogP contribution in [0.15, 0.2) is 0 Å². The summed E-state index contributed by atoms with van der Waals surface area (Å²) in [5, 5.41) is 18.0. The largest absolute Gasteiger partial charge is 0.367 e. The van der Waals surface area contributed by atoms with Gasteiger partial charge in [0.1, 0.15) is 0 Å². The van der Waals surface area contributed by atoms with Crippen molar-refractivity contribution < 1.29 is 10.2 Å². The minimum Gasteiger partial charge on any atom is -0.367 e. The van der Waals surface area contributed by atoms with E-state index in [1.54, 1.807) is 0 Å². The molecule has 72 valence electrons. The van der Waals surface area contributed by atoms with Gasteiger partial charge in [0.25, 0.3) is 0 Å². The van der Waals surface area contributed by atoms with Crippen LogP contribution in [0.25, 0.3) is 0 Å². The quantitative estimate of drug-likeness (QED) is 0.523. The smallest absolute Gasteiger partial charge is 0.167 e. The normalized spacial score (nSPS) is 32.2. The molecule has 1 aliphatic rings. The molecule has 0 aromatic rings. The summed E-state index contributed by atoms with van der Waals surface area (Å²) in [6.07, 6.45) is -0.374. The number of aliphatic hydroxyl groups excluding tert-OH is 1. The van der Waals surface area contributed by atoms with Crippen molar-refractivity contribution in [3.63, 3.8) is 0 Å². The van der Waals surface area contributed by atoms with Crippen LogP contribution in [0.4, 0.5) is 0 Å². The molecule has 2 atom stereocenters. The second-order valence-corrected chi connectivity index (χ2v) is 3.77. The molecule has 0 aromatic heterocycles. The van der Waals surface area contributed by atoms with Gasteiger partial charge < -0.3 is 15.1 Å². The van der Waals surface area contributed by atoms with Crippen molar-refractivity contribution in [2.24, 2.45) is 0 Å². The summed E-state index contributed by atoms with van der Waals surface area (Å²) < 4.78 is 0. The lowest BCUT2D eigenvalue weighted by atomic mass is 10.1. The topological polar surface area (TPSA) is 46.9 Å². The number of likely N-dealkylation sites (N-methyl/N-ethyl adjacent to an activating group) is 2. The summed E-state index contributed by atoms with van der Waals surface area (Å²) in [6, 6.07) is 0.346. The maximum absolute atomic E-state index is 9.02. The molecule has 0 saturated carbocycles. The van der Waals surface area contributed by atoms with Crippen molar-refractivity contribution in [1.82, 2.24) is 9.80 Å². The number of rotatable bonds is 2. The molecule has 1 rings (SSSR count). The predicted octanol–water partition coefficient (Wildman–Crippen LogP) is -1.07. The maximum Gasteiger partial charge on any atom is 0.167 e. The molecule has 2 N–H and O–H groups in total. The number of likely N-dealkylation sites (tertiary alicyclic amines) is 1. The van der Waals surface area contributed by atoms with E-state index >= 15 is 0 Å². The van der Waals surface area contributed by atoms with Gasteiger partial charge in [-0.05, 0) is 27.6 Å². The average molecular weight is 174 g/mol. The molecule has 1 heterocycles. The van der Waals surface area contributed by atoms with Crippen molar-refractivity contribution in [1.29, 1.82) is 0 Å². The van der Waals surface area contributed by atoms with Crippen LogP contribution in [-0.2, 0) is 0 Å². The highest BCUT2D eigenvalue weighted by Gasteiger charge is 2.34. The zero-order valence-electron chi connectivity index (χ0n) is 7.94. The number of nitrogens with zero attached hydrogens (tertiary/aromatic N) is 2. The molecular weight excluding hydrogens is 156 g/mol. The van der Waals surface area contributed by atoms with Gasteiger partial charge >= 0.3 is 0 Å². The van der Waals surface area contributed by atoms with Gasteiger partial charge in [-0.25, -0.2) is 0 Å². The van der Waals surface area contributed by atoms with E-state index in [4.69, 9.17) is 10.2 Å². The molecule has 0 bridgehead atoms. The summed E-state index contributed by atoms with van der Waals surface area (Å²) >= 11 is 0. The van der Waals surface area contributed by atoms with Crippen molar-refractivity contribution in [2.75, 3.05) is 27.7 Å². The van der Waals surface area contributed by atoms with Crippen LogP contribution in [0.2, 0.25) is 0 Å². The first-order chi connectivity index (χ1) is 5.52. The molecule has 4 heteroatoms. The molecular formula is C8H18N2O2. The van der Waals surface area contributed by atoms with E-state index in [-0.39, 0.29) is 6.04 Å². The SMILES string of the molecule is CN(C)C1CC(C(O)O)N(C)C1. The minimum atomic E-state index is -1.21. The molecule has 1 fully saturated rings. The molecule has 0 amide bonds. The molecule has 0 aromatic carbocycles. The van der Waals surface area contributed by atoms with Gasteiger partial charge in [0.05, 0.1) is 6.04 Å². The van der Waals surface area contributed by atoms with Gasteiger partial charge in [0.2, 0.25) is 0 Å². The number of hydrogen-bond donors (Lipinski definition) is 2. The maximum atomic E-state index is 9.02. The Morgan fingerprint density at radius 3 is 2.25 bits per heavy atom. The lowest BCUT2D eigenvalue weighted by Gasteiger charge is -2.19. The van der Waals surface area contributed by atoms with E-state index in [0.29, 0.717) is 6.04 Å². The lowest BCUT2D eigenvalue weighted by Crippen LogP contribution is -2.35. The Labute approximate surface area is 73.4 Å². The first kappa shape index (κ1) is 9.92. The van der Waals surface area contributed by atoms with E-state index in [2.05, 4.69) is 4.90 Å². The van der Waals surface area contributed by atoms with Crippen LogP contribution in [0, 0.1) is 0 Å². The zero-order chi connectivity index (χ0) is 9.30. The summed E-state index contributed by atoms with van der Waals surface area (Å²) in [6.45, 7) is 0.912. The summed E-state index contributed by atoms with van der Waals surface area (Å²) in [7, 11) is 5.96. The lowest BCUT2D eigenvalue weighted by molar-refractivity contribution is -0.0861. The van der Waals surface area contributed by atoms with Crippen LogP contribution < -0.4 is 0 Å². The van der Waals surface area contributed by atoms with Gasteiger partial charge in [0.15, 0.2) is 6.29 Å². The van der Waals surface area contributed by atoms with Crippen molar-refractivity contribution in [3.8, 4) is 0 Å². The predicted molar refractivity (Wildman–Crippen MR) is 46.7 cm³/mol. The van der Waals surface area contributed by atoms with E-state index in [0.717, 1.165) is 13.0 Å². The Kier molecular flexibility index (Phi) is 3.06. The van der Waals surface area contributed by atoms with Gasteiger partial charge in [-0.2, -0.15) is 0 Å². The van der Waals surface area contributed by atoms with Crippen molar-refractivity contribution in [2.45, 2.75) is 24.8 Å². The van der Waals surface area contributed by atoms with Gasteiger partial charge in [-0.15, -0.1) is 0 Å². The number of aliphatic hydroxyl groups is 2. The van der Waals surface area contributed by atoms with Gasteiger partial charge in [-0.1, -0.05) is 0 Å². The van der Waals surface area contributed by atoms with Crippen LogP contribution in [0.5, 0.6) is 0 Å². The van der Waals surface area contributed by atoms with Crippen LogP contribution in [0.1, 0.15) is 6.42 Å². The molecule has 2 unspecified atom stereocenters. The van der Waals surface area contributed by atoms with Crippen LogP contribution in [-0.4, -0.2) is 66.1 Å². The Hall–Kier alpha value is -0.160. The van der Waals surface area contributed by atoms with E-state index in [1.165, 1.54) is 0 Å². The monoisotopic (exact) mass is 174 g/mol. The fraction of sp³-hybridized carbons (Fsp3) is 1.00. The second kappa shape index (κ2) is 3.70. The standard InChI is InChI=1S/C8H18N2O2/c1-9(2)6-4-7(8(11)12)10(3)5-6/h6-8,11-12H,4-5H2,1-3H3. The fourth-order valence-corrected chi connectivity index (χ4v) is 1.72. The molecule has 1 saturated heterocycles. The molecule has 0 radical (unpaired) electrons. The highest BCUT2D eigenvalue weighted by atomic mass is 16.5. The Bertz CT molecular complexity index is 150. The van der Waals surface area contributed by atoms with Crippen molar-refractivity contribution >= 4 is 0 Å². The van der Waals surface area contributed by atoms with Crippen LogP contribution >= 0.6 is 0 Å². The minimum absolute atomic E-state index is 0.0996. The average Bonchev–Trinajstić information content (AvgIpc) is 2.30. The van der Waals surface area contributed by atoms with Crippen molar-refractivity contribution in [3.05, 3.63) is 0 Å². The fourth-order valence-electron chi connectivity index (χ4n) is 1.72. The summed E-state index contributed by atoms with van der Waals surface area (Å²) in [4.78, 5) is 4.12. The van der Waals surface area contributed by atoms with Gasteiger partial charge in [-0.3, -0.25) is 4.90 Å².